The van der Waals surface area contributed by atoms with E-state index in [1.807, 2.05) is 13.0 Å². The first-order valence-electron chi connectivity index (χ1n) is 7.39. The highest BCUT2D eigenvalue weighted by atomic mass is 16.4. The molecule has 0 saturated carbocycles. The van der Waals surface area contributed by atoms with Gasteiger partial charge in [-0.15, -0.1) is 0 Å². The summed E-state index contributed by atoms with van der Waals surface area (Å²) in [4.78, 5) is 14.9. The summed E-state index contributed by atoms with van der Waals surface area (Å²) in [6.07, 6.45) is 5.58. The molecule has 0 fully saturated rings. The maximum atomic E-state index is 10.7. The first-order chi connectivity index (χ1) is 10.1. The Labute approximate surface area is 126 Å². The summed E-state index contributed by atoms with van der Waals surface area (Å²) in [5.41, 5.74) is 1.49. The largest absolute Gasteiger partial charge is 0.481 e. The van der Waals surface area contributed by atoms with Crippen molar-refractivity contribution in [1.29, 1.82) is 5.26 Å². The molecule has 0 aliphatic heterocycles. The van der Waals surface area contributed by atoms with Crippen LogP contribution in [0.3, 0.4) is 0 Å². The molecule has 0 aliphatic rings. The number of nitrogens with zero attached hydrogens (tertiary/aromatic N) is 2. The van der Waals surface area contributed by atoms with Gasteiger partial charge in [-0.3, -0.25) is 4.79 Å². The van der Waals surface area contributed by atoms with Gasteiger partial charge in [0.15, 0.2) is 0 Å². The van der Waals surface area contributed by atoms with Crippen LogP contribution in [0.25, 0.3) is 0 Å². The zero-order valence-corrected chi connectivity index (χ0v) is 12.7. The Bertz CT molecular complexity index is 509. The number of rotatable bonds is 9. The van der Waals surface area contributed by atoms with Crippen molar-refractivity contribution in [1.82, 2.24) is 4.98 Å². The van der Waals surface area contributed by atoms with E-state index in [2.05, 4.69) is 23.3 Å². The van der Waals surface area contributed by atoms with Crippen molar-refractivity contribution in [2.24, 2.45) is 5.92 Å². The number of carbonyl (C=O) groups is 1. The van der Waals surface area contributed by atoms with Gasteiger partial charge in [0.2, 0.25) is 0 Å². The highest BCUT2D eigenvalue weighted by Crippen LogP contribution is 2.19. The molecule has 5 nitrogen and oxygen atoms in total. The van der Waals surface area contributed by atoms with Crippen LogP contribution in [0.2, 0.25) is 0 Å². The maximum absolute atomic E-state index is 10.7. The van der Waals surface area contributed by atoms with Gasteiger partial charge in [0.1, 0.15) is 11.9 Å². The average Bonchev–Trinajstić information content (AvgIpc) is 2.45. The number of nitrogens with one attached hydrogen (secondary N) is 1. The van der Waals surface area contributed by atoms with Gasteiger partial charge >= 0.3 is 5.97 Å². The molecule has 0 saturated heterocycles. The normalized spacial score (nSPS) is 11.7. The second kappa shape index (κ2) is 8.96. The third-order valence-corrected chi connectivity index (χ3v) is 3.58. The molecular formula is C16H23N3O2. The van der Waals surface area contributed by atoms with Crippen molar-refractivity contribution >= 4 is 11.8 Å². The van der Waals surface area contributed by atoms with E-state index in [1.54, 1.807) is 6.20 Å². The average molecular weight is 289 g/mol. The van der Waals surface area contributed by atoms with Crippen LogP contribution in [0.5, 0.6) is 0 Å². The second-order valence-corrected chi connectivity index (χ2v) is 5.27. The third kappa shape index (κ3) is 5.82. The maximum Gasteiger partial charge on any atom is 0.303 e. The molecule has 0 bridgehead atoms. The molecule has 2 N–H and O–H groups in total. The Morgan fingerprint density at radius 2 is 2.24 bits per heavy atom. The van der Waals surface area contributed by atoms with E-state index in [-0.39, 0.29) is 6.42 Å². The number of aromatic nitrogens is 1. The minimum Gasteiger partial charge on any atom is -0.481 e. The van der Waals surface area contributed by atoms with Crippen molar-refractivity contribution in [2.45, 2.75) is 46.0 Å². The summed E-state index contributed by atoms with van der Waals surface area (Å²) in [5, 5.41) is 21.1. The number of carboxylic acids is 1. The lowest BCUT2D eigenvalue weighted by molar-refractivity contribution is -0.137. The lowest BCUT2D eigenvalue weighted by Gasteiger charge is -2.16. The number of hydrogen-bond donors (Lipinski definition) is 2. The van der Waals surface area contributed by atoms with E-state index in [1.165, 1.54) is 0 Å². The van der Waals surface area contributed by atoms with Crippen LogP contribution in [0.4, 0.5) is 5.82 Å². The number of aliphatic carboxylic acids is 1. The first-order valence-corrected chi connectivity index (χ1v) is 7.39. The quantitative estimate of drug-likeness (QED) is 0.728. The van der Waals surface area contributed by atoms with E-state index in [9.17, 15) is 4.79 Å². The Balaban J connectivity index is 2.52. The molecule has 114 valence electrons. The van der Waals surface area contributed by atoms with Crippen LogP contribution >= 0.6 is 0 Å². The molecule has 1 atom stereocenters. The molecule has 21 heavy (non-hydrogen) atoms. The molecule has 0 radical (unpaired) electrons. The van der Waals surface area contributed by atoms with Crippen LogP contribution in [-0.2, 0) is 4.79 Å². The predicted molar refractivity (Wildman–Crippen MR) is 82.1 cm³/mol. The molecule has 1 heterocycles. The fraction of sp³-hybridized carbons (Fsp3) is 0.562. The molecule has 0 aromatic carbocycles. The standard InChI is InChI=1S/C16H23N3O2/c1-3-4-13(5-6-15(20)21)8-10-19-16-14(11-17)12(2)7-9-18-16/h7,9,13H,3-6,8,10H2,1-2H3,(H,18,19)(H,20,21). The molecule has 5 heteroatoms. The van der Waals surface area contributed by atoms with Gasteiger partial charge in [-0.2, -0.15) is 5.26 Å². The van der Waals surface area contributed by atoms with Crippen molar-refractivity contribution in [3.8, 4) is 6.07 Å². The van der Waals surface area contributed by atoms with Crippen LogP contribution in [0.1, 0.15) is 50.2 Å². The minimum atomic E-state index is -0.740. The summed E-state index contributed by atoms with van der Waals surface area (Å²) in [6, 6.07) is 3.98. The van der Waals surface area contributed by atoms with Gasteiger partial charge in [-0.1, -0.05) is 19.8 Å². The number of anilines is 1. The minimum absolute atomic E-state index is 0.219. The molecule has 1 unspecified atom stereocenters. The van der Waals surface area contributed by atoms with Crippen LogP contribution < -0.4 is 5.32 Å². The molecular weight excluding hydrogens is 266 g/mol. The molecule has 1 aromatic rings. The summed E-state index contributed by atoms with van der Waals surface area (Å²) in [6.45, 7) is 4.70. The van der Waals surface area contributed by atoms with Crippen LogP contribution in [0.15, 0.2) is 12.3 Å². The highest BCUT2D eigenvalue weighted by Gasteiger charge is 2.11. The molecule has 0 spiro atoms. The van der Waals surface area contributed by atoms with Gasteiger partial charge in [0.25, 0.3) is 0 Å². The van der Waals surface area contributed by atoms with Gasteiger partial charge in [-0.25, -0.2) is 4.98 Å². The van der Waals surface area contributed by atoms with E-state index >= 15 is 0 Å². The molecule has 0 aliphatic carbocycles. The molecule has 1 rings (SSSR count). The van der Waals surface area contributed by atoms with E-state index in [4.69, 9.17) is 10.4 Å². The zero-order valence-electron chi connectivity index (χ0n) is 12.7. The van der Waals surface area contributed by atoms with Crippen molar-refractivity contribution < 1.29 is 9.90 Å². The molecule has 1 aromatic heterocycles. The zero-order chi connectivity index (χ0) is 15.7. The summed E-state index contributed by atoms with van der Waals surface area (Å²) in [7, 11) is 0. The van der Waals surface area contributed by atoms with Crippen molar-refractivity contribution in [3.63, 3.8) is 0 Å². The second-order valence-electron chi connectivity index (χ2n) is 5.27. The topological polar surface area (TPSA) is 86.0 Å². The van der Waals surface area contributed by atoms with Crippen LogP contribution in [0, 0.1) is 24.2 Å². The smallest absolute Gasteiger partial charge is 0.303 e. The lowest BCUT2D eigenvalue weighted by atomic mass is 9.94. The van der Waals surface area contributed by atoms with E-state index < -0.39 is 5.97 Å². The SMILES string of the molecule is CCCC(CCNc1nccc(C)c1C#N)CCC(=O)O. The lowest BCUT2D eigenvalue weighted by Crippen LogP contribution is -2.12. The summed E-state index contributed by atoms with van der Waals surface area (Å²) < 4.78 is 0. The summed E-state index contributed by atoms with van der Waals surface area (Å²) in [5.74, 6) is 0.274. The van der Waals surface area contributed by atoms with Gasteiger partial charge < -0.3 is 10.4 Å². The van der Waals surface area contributed by atoms with Gasteiger partial charge in [0.05, 0.1) is 5.56 Å². The van der Waals surface area contributed by atoms with Gasteiger partial charge in [0, 0.05) is 19.2 Å². The Morgan fingerprint density at radius 3 is 2.86 bits per heavy atom. The third-order valence-electron chi connectivity index (χ3n) is 3.58. The Morgan fingerprint density at radius 1 is 1.48 bits per heavy atom. The Hall–Kier alpha value is -2.09. The number of carboxylic acid groups (broad SMARTS) is 1. The monoisotopic (exact) mass is 289 g/mol. The Kier molecular flexibility index (Phi) is 7.24. The number of hydrogen-bond acceptors (Lipinski definition) is 4. The fourth-order valence-electron chi connectivity index (χ4n) is 2.40. The van der Waals surface area contributed by atoms with Crippen molar-refractivity contribution in [2.75, 3.05) is 11.9 Å². The van der Waals surface area contributed by atoms with Crippen LogP contribution in [-0.4, -0.2) is 22.6 Å². The number of aryl methyl sites for hydroxylation is 1. The van der Waals surface area contributed by atoms with E-state index in [0.29, 0.717) is 30.3 Å². The summed E-state index contributed by atoms with van der Waals surface area (Å²) >= 11 is 0. The highest BCUT2D eigenvalue weighted by molar-refractivity contribution is 5.66. The predicted octanol–water partition coefficient (Wildman–Crippen LogP) is 3.34. The number of pyridine rings is 1. The fourth-order valence-corrected chi connectivity index (χ4v) is 2.40. The van der Waals surface area contributed by atoms with Gasteiger partial charge in [-0.05, 0) is 37.3 Å². The molecule has 0 amide bonds. The van der Waals surface area contributed by atoms with E-state index in [0.717, 1.165) is 24.8 Å². The van der Waals surface area contributed by atoms with Crippen molar-refractivity contribution in [3.05, 3.63) is 23.4 Å². The number of nitriles is 1. The first kappa shape index (κ1) is 17.0.